The highest BCUT2D eigenvalue weighted by Crippen LogP contribution is 2.09. The lowest BCUT2D eigenvalue weighted by Crippen LogP contribution is -2.37. The number of carboxylic acids is 1. The van der Waals surface area contributed by atoms with Crippen LogP contribution in [0, 0.1) is 0 Å². The molecule has 0 fully saturated rings. The predicted octanol–water partition coefficient (Wildman–Crippen LogP) is 3.45. The Hall–Kier alpha value is -2.62. The highest BCUT2D eigenvalue weighted by Gasteiger charge is 2.13. The van der Waals surface area contributed by atoms with Gasteiger partial charge in [-0.25, -0.2) is 4.79 Å². The Morgan fingerprint density at radius 3 is 2.25 bits per heavy atom. The van der Waals surface area contributed by atoms with E-state index < -0.39 is 5.97 Å². The molecule has 4 nitrogen and oxygen atoms in total. The van der Waals surface area contributed by atoms with Crippen LogP contribution in [0.1, 0.15) is 41.3 Å². The standard InChI is InChI=1S/C20H23NO3/c1-2-6-18(13-15-7-4-3-5-8-15)21-19(22)14-16-9-11-17(12-10-16)20(23)24/h3-5,7-12,18H,2,6,13-14H2,1H3,(H,21,22)(H,23,24). The SMILES string of the molecule is CCCC(Cc1ccccc1)NC(=O)Cc1ccc(C(=O)O)cc1. The number of amides is 1. The number of hydrogen-bond acceptors (Lipinski definition) is 2. The molecule has 0 saturated carbocycles. The molecular weight excluding hydrogens is 302 g/mol. The van der Waals surface area contributed by atoms with Gasteiger partial charge >= 0.3 is 5.97 Å². The average Bonchev–Trinajstić information content (AvgIpc) is 2.56. The topological polar surface area (TPSA) is 66.4 Å². The number of carboxylic acid groups (broad SMARTS) is 1. The molecule has 0 aromatic heterocycles. The van der Waals surface area contributed by atoms with Crippen molar-refractivity contribution in [2.75, 3.05) is 0 Å². The average molecular weight is 325 g/mol. The molecule has 0 aliphatic heterocycles. The molecule has 126 valence electrons. The maximum absolute atomic E-state index is 12.3. The number of carbonyl (C=O) groups excluding carboxylic acids is 1. The molecule has 2 aromatic carbocycles. The van der Waals surface area contributed by atoms with E-state index in [0.717, 1.165) is 24.8 Å². The first-order valence-electron chi connectivity index (χ1n) is 8.24. The van der Waals surface area contributed by atoms with E-state index >= 15 is 0 Å². The molecule has 0 radical (unpaired) electrons. The van der Waals surface area contributed by atoms with Gasteiger partial charge in [0.1, 0.15) is 0 Å². The third-order valence-electron chi connectivity index (χ3n) is 3.89. The van der Waals surface area contributed by atoms with Gasteiger partial charge in [-0.2, -0.15) is 0 Å². The molecule has 1 amide bonds. The van der Waals surface area contributed by atoms with Crippen molar-refractivity contribution in [1.82, 2.24) is 5.32 Å². The van der Waals surface area contributed by atoms with Gasteiger partial charge in [-0.15, -0.1) is 0 Å². The van der Waals surface area contributed by atoms with Crippen molar-refractivity contribution in [2.24, 2.45) is 0 Å². The predicted molar refractivity (Wildman–Crippen MR) is 94.1 cm³/mol. The Labute approximate surface area is 142 Å². The highest BCUT2D eigenvalue weighted by molar-refractivity contribution is 5.87. The minimum Gasteiger partial charge on any atom is -0.478 e. The molecule has 1 unspecified atom stereocenters. The number of nitrogens with one attached hydrogen (secondary N) is 1. The van der Waals surface area contributed by atoms with Gasteiger partial charge in [0.25, 0.3) is 0 Å². The number of carbonyl (C=O) groups is 2. The lowest BCUT2D eigenvalue weighted by molar-refractivity contribution is -0.121. The first kappa shape index (κ1) is 17.7. The summed E-state index contributed by atoms with van der Waals surface area (Å²) >= 11 is 0. The molecule has 1 atom stereocenters. The van der Waals surface area contributed by atoms with Crippen LogP contribution in [0.4, 0.5) is 0 Å². The van der Waals surface area contributed by atoms with Crippen molar-refractivity contribution in [2.45, 2.75) is 38.6 Å². The summed E-state index contributed by atoms with van der Waals surface area (Å²) in [5.41, 5.74) is 2.25. The molecule has 0 aliphatic rings. The maximum atomic E-state index is 12.3. The lowest BCUT2D eigenvalue weighted by Gasteiger charge is -2.18. The summed E-state index contributed by atoms with van der Waals surface area (Å²) < 4.78 is 0. The minimum absolute atomic E-state index is 0.0348. The van der Waals surface area contributed by atoms with Crippen molar-refractivity contribution < 1.29 is 14.7 Å². The molecule has 0 spiro atoms. The smallest absolute Gasteiger partial charge is 0.335 e. The fraction of sp³-hybridized carbons (Fsp3) is 0.300. The first-order valence-corrected chi connectivity index (χ1v) is 8.24. The number of aromatic carboxylic acids is 1. The van der Waals surface area contributed by atoms with Gasteiger partial charge in [0.15, 0.2) is 0 Å². The van der Waals surface area contributed by atoms with Gasteiger partial charge in [0.05, 0.1) is 12.0 Å². The molecule has 0 bridgehead atoms. The second kappa shape index (κ2) is 8.87. The summed E-state index contributed by atoms with van der Waals surface area (Å²) in [6.45, 7) is 2.11. The monoisotopic (exact) mass is 325 g/mol. The molecule has 24 heavy (non-hydrogen) atoms. The number of benzene rings is 2. The van der Waals surface area contributed by atoms with E-state index in [9.17, 15) is 9.59 Å². The molecular formula is C20H23NO3. The van der Waals surface area contributed by atoms with E-state index in [1.165, 1.54) is 17.7 Å². The van der Waals surface area contributed by atoms with Crippen molar-refractivity contribution in [3.63, 3.8) is 0 Å². The summed E-state index contributed by atoms with van der Waals surface area (Å²) in [4.78, 5) is 23.1. The summed E-state index contributed by atoms with van der Waals surface area (Å²) in [6, 6.07) is 16.7. The molecule has 0 aliphatic carbocycles. The van der Waals surface area contributed by atoms with Gasteiger partial charge in [-0.1, -0.05) is 55.8 Å². The van der Waals surface area contributed by atoms with E-state index in [4.69, 9.17) is 5.11 Å². The number of hydrogen-bond donors (Lipinski definition) is 2. The normalized spacial score (nSPS) is 11.7. The Bertz CT molecular complexity index is 665. The zero-order chi connectivity index (χ0) is 17.4. The third-order valence-corrected chi connectivity index (χ3v) is 3.89. The third kappa shape index (κ3) is 5.54. The Morgan fingerprint density at radius 1 is 1.00 bits per heavy atom. The van der Waals surface area contributed by atoms with Gasteiger partial charge < -0.3 is 10.4 Å². The summed E-state index contributed by atoms with van der Waals surface area (Å²) in [6.07, 6.45) is 3.01. The van der Waals surface area contributed by atoms with Crippen LogP contribution >= 0.6 is 0 Å². The first-order chi connectivity index (χ1) is 11.6. The van der Waals surface area contributed by atoms with Crippen molar-refractivity contribution >= 4 is 11.9 Å². The summed E-state index contributed by atoms with van der Waals surface area (Å²) in [7, 11) is 0. The number of rotatable bonds is 8. The van der Waals surface area contributed by atoms with Crippen LogP contribution in [-0.4, -0.2) is 23.0 Å². The largest absolute Gasteiger partial charge is 0.478 e. The van der Waals surface area contributed by atoms with E-state index in [-0.39, 0.29) is 23.9 Å². The zero-order valence-corrected chi connectivity index (χ0v) is 13.9. The molecule has 4 heteroatoms. The molecule has 0 saturated heterocycles. The highest BCUT2D eigenvalue weighted by atomic mass is 16.4. The van der Waals surface area contributed by atoms with Gasteiger partial charge in [0, 0.05) is 6.04 Å². The van der Waals surface area contributed by atoms with E-state index in [1.807, 2.05) is 18.2 Å². The van der Waals surface area contributed by atoms with Crippen molar-refractivity contribution in [3.05, 3.63) is 71.3 Å². The molecule has 0 heterocycles. The van der Waals surface area contributed by atoms with Gasteiger partial charge in [-0.3, -0.25) is 4.79 Å². The molecule has 2 rings (SSSR count). The van der Waals surface area contributed by atoms with Crippen LogP contribution in [0.2, 0.25) is 0 Å². The van der Waals surface area contributed by atoms with E-state index in [0.29, 0.717) is 0 Å². The Morgan fingerprint density at radius 2 is 1.67 bits per heavy atom. The van der Waals surface area contributed by atoms with E-state index in [1.54, 1.807) is 12.1 Å². The van der Waals surface area contributed by atoms with Crippen molar-refractivity contribution in [1.29, 1.82) is 0 Å². The summed E-state index contributed by atoms with van der Waals surface area (Å²) in [5, 5.41) is 12.0. The van der Waals surface area contributed by atoms with Crippen LogP contribution in [0.3, 0.4) is 0 Å². The quantitative estimate of drug-likeness (QED) is 0.781. The van der Waals surface area contributed by atoms with Gasteiger partial charge in [0.2, 0.25) is 5.91 Å². The van der Waals surface area contributed by atoms with Crippen LogP contribution < -0.4 is 5.32 Å². The second-order valence-electron chi connectivity index (χ2n) is 5.92. The maximum Gasteiger partial charge on any atom is 0.335 e. The lowest BCUT2D eigenvalue weighted by atomic mass is 10.0. The zero-order valence-electron chi connectivity index (χ0n) is 13.9. The Kier molecular flexibility index (Phi) is 6.55. The van der Waals surface area contributed by atoms with Crippen LogP contribution in [0.5, 0.6) is 0 Å². The van der Waals surface area contributed by atoms with Crippen LogP contribution in [-0.2, 0) is 17.6 Å². The second-order valence-corrected chi connectivity index (χ2v) is 5.92. The van der Waals surface area contributed by atoms with Crippen molar-refractivity contribution in [3.8, 4) is 0 Å². The Balaban J connectivity index is 1.93. The fourth-order valence-corrected chi connectivity index (χ4v) is 2.70. The van der Waals surface area contributed by atoms with E-state index in [2.05, 4.69) is 24.4 Å². The van der Waals surface area contributed by atoms with Crippen LogP contribution in [0.25, 0.3) is 0 Å². The fourth-order valence-electron chi connectivity index (χ4n) is 2.70. The van der Waals surface area contributed by atoms with Gasteiger partial charge in [-0.05, 0) is 36.1 Å². The molecule has 2 aromatic rings. The van der Waals surface area contributed by atoms with Crippen LogP contribution in [0.15, 0.2) is 54.6 Å². The minimum atomic E-state index is -0.961. The molecule has 2 N–H and O–H groups in total. The summed E-state index contributed by atoms with van der Waals surface area (Å²) in [5.74, 6) is -0.996.